The van der Waals surface area contributed by atoms with Crippen LogP contribution < -0.4 is 27.0 Å². The van der Waals surface area contributed by atoms with Crippen LogP contribution in [0.5, 0.6) is 5.75 Å². The van der Waals surface area contributed by atoms with E-state index in [9.17, 15) is 136 Å². The van der Waals surface area contributed by atoms with E-state index in [1.807, 2.05) is 30.3 Å². The number of hydrogen-bond donors (Lipinski definition) is 27. The number of aromatic hydroxyl groups is 1. The van der Waals surface area contributed by atoms with Crippen LogP contribution in [-0.4, -0.2) is 452 Å². The first-order chi connectivity index (χ1) is 56.0. The molecule has 28 N–H and O–H groups in total. The molecule has 0 aromatic heterocycles. The summed E-state index contributed by atoms with van der Waals surface area (Å²) in [5.74, 6) is -2.47. The van der Waals surface area contributed by atoms with E-state index in [2.05, 4.69) is 21.3 Å². The number of ether oxygens (including phenoxy) is 14. The minimum atomic E-state index is -2.21. The van der Waals surface area contributed by atoms with Crippen molar-refractivity contribution in [2.45, 2.75) is 273 Å². The van der Waals surface area contributed by atoms with Crippen LogP contribution in [0.1, 0.15) is 31.9 Å². The molecule has 21 fully saturated rings. The lowest BCUT2D eigenvalue weighted by Crippen LogP contribution is -2.68. The van der Waals surface area contributed by atoms with Crippen molar-refractivity contribution < 1.29 is 203 Å². The third kappa shape index (κ3) is 22.8. The summed E-state index contributed by atoms with van der Waals surface area (Å²) in [6.07, 6.45) is -69.8. The van der Waals surface area contributed by atoms with Gasteiger partial charge in [-0.25, -0.2) is 0 Å². The first-order valence-corrected chi connectivity index (χ1v) is 38.0. The summed E-state index contributed by atoms with van der Waals surface area (Å²) < 4.78 is 79.5. The fourth-order valence-corrected chi connectivity index (χ4v) is 14.3. The number of likely N-dealkylation sites (N-methyl/N-ethyl adjacent to an activating group) is 1. The van der Waals surface area contributed by atoms with E-state index in [0.717, 1.165) is 11.1 Å². The van der Waals surface area contributed by atoms with Crippen LogP contribution in [0, 0.1) is 0 Å². The molecule has 0 saturated carbocycles. The lowest BCUT2D eigenvalue weighted by molar-refractivity contribution is -0.396. The number of amides is 5. The molecule has 118 heavy (non-hydrogen) atoms. The number of benzene rings is 2. The van der Waals surface area contributed by atoms with Crippen LogP contribution >= 0.6 is 0 Å². The maximum atomic E-state index is 13.0. The molecular formula is C71H110N6O41. The molecule has 0 spiro atoms. The lowest BCUT2D eigenvalue weighted by atomic mass is 9.95. The number of hydrogen-bond acceptors (Lipinski definition) is 42. The Bertz CT molecular complexity index is 3100. The van der Waals surface area contributed by atoms with Crippen LogP contribution in [0.25, 0.3) is 0 Å². The van der Waals surface area contributed by atoms with E-state index in [-0.39, 0.29) is 37.1 Å². The summed E-state index contributed by atoms with van der Waals surface area (Å²) in [5, 5.41) is 250. The van der Waals surface area contributed by atoms with Crippen LogP contribution in [0.15, 0.2) is 54.6 Å². The standard InChI is InChI=1S/C42H70O35.C29H40N6O6/c43-1-8-29-15(50)22(57)36(64-8)72-30-9(2-44)66-38(24(59)17(30)52)74-32-11(4-46)68-40(26(61)19(32)54)76-34-13(6-48)70-42(28(63)21(34)56)77-35-14(7-49)69-41(27(62)20(35)55)75-33-12(5-47)67-39(25(60)18(33)53)73-31-10(3-45)65-37(71-29)23(58)16(31)51;1-18(2)33-25(37)16-31-29(41)24(15-20-8-6-5-7-9-20)35(4)26(38)17-32-27(39)19(3)34-28(40)23(30)14-21-10-12-22(36)13-11-21/h8-63H,1-7H2;5-13,18-19,23-24,36H,14-17,30H2,1-4H3,(H,31,41)(H,32,39)(H,33,37)(H,34,40)/t8-,9-,10-,11-,12-,13-,14-,15-,16-,17-,18-,19-,20-,21-,22-,23-,24-,25-,26-,27-,28-,29-,30-,31-,32-,33-,34-,35-,36-,37-,38-,39-,40-,41-,42-;19-,23+,24+/m11/s1. The van der Waals surface area contributed by atoms with Crippen molar-refractivity contribution >= 4 is 29.5 Å². The normalized spacial score (nSPS) is 40.6. The average molecular weight is 1700 g/mol. The zero-order valence-electron chi connectivity index (χ0n) is 64.1. The molecule has 2 aromatic carbocycles. The fourth-order valence-electron chi connectivity index (χ4n) is 14.3. The van der Waals surface area contributed by atoms with Gasteiger partial charge in [-0.3, -0.25) is 24.0 Å². The number of phenols is 1. The summed E-state index contributed by atoms with van der Waals surface area (Å²) in [6, 6.07) is 12.4. The Morgan fingerprint density at radius 3 is 0.898 bits per heavy atom. The number of nitrogens with one attached hydrogen (secondary N) is 4. The average Bonchev–Trinajstić information content (AvgIpc) is 0.781. The van der Waals surface area contributed by atoms with Gasteiger partial charge in [0.1, 0.15) is 189 Å². The Labute approximate surface area is 672 Å². The van der Waals surface area contributed by atoms with Crippen molar-refractivity contribution in [3.8, 4) is 5.75 Å². The van der Waals surface area contributed by atoms with E-state index in [1.165, 1.54) is 31.0 Å². The number of phenolic OH excluding ortho intramolecular Hbond substituents is 1. The molecule has 23 rings (SSSR count). The van der Waals surface area contributed by atoms with Gasteiger partial charge in [0, 0.05) is 19.5 Å². The fraction of sp³-hybridized carbons (Fsp3) is 0.761. The van der Waals surface area contributed by atoms with Gasteiger partial charge in [-0.05, 0) is 50.5 Å². The van der Waals surface area contributed by atoms with Gasteiger partial charge in [-0.2, -0.15) is 0 Å². The zero-order chi connectivity index (χ0) is 86.6. The number of aliphatic hydroxyl groups excluding tert-OH is 21. The summed E-state index contributed by atoms with van der Waals surface area (Å²) in [7, 11) is 1.45. The Kier molecular flexibility index (Phi) is 35.4. The molecule has 21 aliphatic heterocycles. The summed E-state index contributed by atoms with van der Waals surface area (Å²) in [5.41, 5.74) is 7.51. The van der Waals surface area contributed by atoms with E-state index < -0.39 is 309 Å². The summed E-state index contributed by atoms with van der Waals surface area (Å²) in [6.45, 7) is -2.92. The molecule has 14 bridgehead atoms. The third-order valence-electron chi connectivity index (χ3n) is 21.0. The van der Waals surface area contributed by atoms with Crippen molar-refractivity contribution in [3.63, 3.8) is 0 Å². The first kappa shape index (κ1) is 96.0. The molecule has 0 aliphatic carbocycles. The predicted molar refractivity (Wildman–Crippen MR) is 382 cm³/mol. The van der Waals surface area contributed by atoms with Crippen LogP contribution in [0.2, 0.25) is 0 Å². The number of aliphatic hydroxyl groups is 21. The highest BCUT2D eigenvalue weighted by Crippen LogP contribution is 2.39. The Balaban J connectivity index is 0.000000327. The molecule has 47 nitrogen and oxygen atoms in total. The van der Waals surface area contributed by atoms with Gasteiger partial charge in [0.2, 0.25) is 29.5 Å². The monoisotopic (exact) mass is 1700 g/mol. The molecule has 38 atom stereocenters. The first-order valence-electron chi connectivity index (χ1n) is 38.0. The number of carbonyl (C=O) groups is 5. The van der Waals surface area contributed by atoms with Gasteiger partial charge in [0.25, 0.3) is 0 Å². The quantitative estimate of drug-likeness (QED) is 0.0552. The molecule has 21 heterocycles. The number of nitrogens with zero attached hydrogens (tertiary/aromatic N) is 1. The Hall–Kier alpha value is -5.85. The lowest BCUT2D eigenvalue weighted by Gasteiger charge is -2.50. The van der Waals surface area contributed by atoms with Crippen molar-refractivity contribution in [3.05, 3.63) is 65.7 Å². The minimum absolute atomic E-state index is 0.0884. The summed E-state index contributed by atoms with van der Waals surface area (Å²) >= 11 is 0. The smallest absolute Gasteiger partial charge is 0.243 e. The zero-order valence-corrected chi connectivity index (χ0v) is 64.1. The highest BCUT2D eigenvalue weighted by Gasteiger charge is 2.60. The van der Waals surface area contributed by atoms with Crippen LogP contribution in [0.4, 0.5) is 0 Å². The highest BCUT2D eigenvalue weighted by molar-refractivity contribution is 5.94. The number of carbonyl (C=O) groups excluding carboxylic acids is 5. The van der Waals surface area contributed by atoms with Gasteiger partial charge in [-0.1, -0.05) is 42.5 Å². The predicted octanol–water partition coefficient (Wildman–Crippen LogP) is -15.6. The third-order valence-corrected chi connectivity index (χ3v) is 21.0. The summed E-state index contributed by atoms with van der Waals surface area (Å²) in [4.78, 5) is 64.3. The van der Waals surface area contributed by atoms with E-state index in [0.29, 0.717) is 0 Å². The van der Waals surface area contributed by atoms with Crippen molar-refractivity contribution in [2.24, 2.45) is 5.73 Å². The van der Waals surface area contributed by atoms with Gasteiger partial charge in [0.05, 0.1) is 65.4 Å². The molecule has 21 aliphatic rings. The maximum Gasteiger partial charge on any atom is 0.243 e. The molecule has 670 valence electrons. The molecule has 2 aromatic rings. The van der Waals surface area contributed by atoms with Crippen LogP contribution in [0.3, 0.4) is 0 Å². The number of rotatable bonds is 21. The Morgan fingerprint density at radius 1 is 0.356 bits per heavy atom. The maximum absolute atomic E-state index is 13.0. The van der Waals surface area contributed by atoms with Gasteiger partial charge in [-0.15, -0.1) is 0 Å². The second-order valence-electron chi connectivity index (χ2n) is 29.7. The van der Waals surface area contributed by atoms with E-state index in [1.54, 1.807) is 26.0 Å². The SMILES string of the molecule is CC(C)NC(=O)CNC(=O)[C@H](Cc1ccccc1)N(C)C(=O)CNC(=O)[C@@H](C)NC(=O)[C@@H](N)Cc1ccc(O)cc1.OC[C@H]1O[C@@H]2O[C@H]3[C@H](O)[C@@H](O)[C@@H](O[C@H]4[C@H](O)[C@@H](O)[C@@H](O[C@H]5[C@H](O)[C@@H](O)[C@@H](O[C@H]6[C@H](O)[C@@H](O)[C@@H](O[C@H]7[C@H](O)[C@@H](O)[C@@H](O[C@H]8[C@H](O)[C@@H](O)[C@@H](O[C@H]1[C@H](O)[C@H]2O)O[C@@H]8CO)O[C@@H]7CO)O[C@@H]6CO)O[C@@H]5CO)O[C@@H]4CO)O[C@@H]3CO. The molecule has 21 saturated heterocycles. The Morgan fingerprint density at radius 2 is 0.627 bits per heavy atom. The van der Waals surface area contributed by atoms with E-state index >= 15 is 0 Å². The van der Waals surface area contributed by atoms with Gasteiger partial charge >= 0.3 is 0 Å². The number of nitrogens with two attached hydrogens (primary N) is 1. The molecular weight excluding hydrogens is 1590 g/mol. The van der Waals surface area contributed by atoms with Crippen LogP contribution in [-0.2, 0) is 103 Å². The topological polar surface area (TPSA) is 737 Å². The van der Waals surface area contributed by atoms with Gasteiger partial charge < -0.3 is 211 Å². The van der Waals surface area contributed by atoms with Crippen molar-refractivity contribution in [2.75, 3.05) is 66.4 Å². The van der Waals surface area contributed by atoms with Gasteiger partial charge in [0.15, 0.2) is 44.0 Å². The highest BCUT2D eigenvalue weighted by atomic mass is 16.8. The van der Waals surface area contributed by atoms with E-state index in [4.69, 9.17) is 72.0 Å². The second-order valence-corrected chi connectivity index (χ2v) is 29.7. The molecule has 5 amide bonds. The minimum Gasteiger partial charge on any atom is -0.508 e. The second kappa shape index (κ2) is 43.5. The van der Waals surface area contributed by atoms with Crippen molar-refractivity contribution in [1.82, 2.24) is 26.2 Å². The molecule has 0 radical (unpaired) electrons. The largest absolute Gasteiger partial charge is 0.508 e. The molecule has 47 heteroatoms. The van der Waals surface area contributed by atoms with Crippen molar-refractivity contribution in [1.29, 1.82) is 0 Å². The molecule has 0 unspecified atom stereocenters.